The summed E-state index contributed by atoms with van der Waals surface area (Å²) in [7, 11) is 2.01. The van der Waals surface area contributed by atoms with Crippen LogP contribution in [0.3, 0.4) is 0 Å². The largest absolute Gasteiger partial charge is 0.356 e. The Kier molecular flexibility index (Phi) is 2.86. The third kappa shape index (κ3) is 2.04. The first kappa shape index (κ1) is 12.3. The summed E-state index contributed by atoms with van der Waals surface area (Å²) in [6.45, 7) is 2.77. The van der Waals surface area contributed by atoms with Crippen molar-refractivity contribution in [2.75, 3.05) is 7.05 Å². The molecule has 1 aliphatic heterocycles. The lowest BCUT2D eigenvalue weighted by Crippen LogP contribution is -2.34. The van der Waals surface area contributed by atoms with Gasteiger partial charge in [0.25, 0.3) is 0 Å². The van der Waals surface area contributed by atoms with Crippen molar-refractivity contribution < 1.29 is 13.3 Å². The Hall–Kier alpha value is -1.75. The van der Waals surface area contributed by atoms with E-state index in [-0.39, 0.29) is 5.56 Å². The predicted octanol–water partition coefficient (Wildman–Crippen LogP) is 3.00. The van der Waals surface area contributed by atoms with E-state index in [0.29, 0.717) is 18.3 Å². The minimum absolute atomic E-state index is 0.262. The van der Waals surface area contributed by atoms with Crippen LogP contribution in [-0.4, -0.2) is 23.1 Å². The van der Waals surface area contributed by atoms with Crippen LogP contribution in [0.15, 0.2) is 22.7 Å². The van der Waals surface area contributed by atoms with Crippen LogP contribution in [0.2, 0.25) is 0 Å². The zero-order chi connectivity index (χ0) is 13.6. The summed E-state index contributed by atoms with van der Waals surface area (Å²) in [5.74, 6) is -0.813. The molecule has 100 valence electrons. The molecule has 0 aliphatic carbocycles. The topological polar surface area (TPSA) is 29.3 Å². The summed E-state index contributed by atoms with van der Waals surface area (Å²) in [5.41, 5.74) is 2.02. The average Bonchev–Trinajstić information content (AvgIpc) is 2.73. The Labute approximate surface area is 109 Å². The van der Waals surface area contributed by atoms with Crippen LogP contribution in [-0.2, 0) is 13.0 Å². The van der Waals surface area contributed by atoms with Crippen molar-refractivity contribution in [3.8, 4) is 11.3 Å². The zero-order valence-corrected chi connectivity index (χ0v) is 10.8. The van der Waals surface area contributed by atoms with Gasteiger partial charge in [-0.1, -0.05) is 5.16 Å². The molecule has 3 nitrogen and oxygen atoms in total. The first-order valence-corrected chi connectivity index (χ1v) is 6.19. The third-order valence-electron chi connectivity index (χ3n) is 3.69. The second kappa shape index (κ2) is 4.42. The van der Waals surface area contributed by atoms with Gasteiger partial charge in [0.05, 0.1) is 11.3 Å². The third-order valence-corrected chi connectivity index (χ3v) is 3.69. The summed E-state index contributed by atoms with van der Waals surface area (Å²) in [6.07, 6.45) is 0.776. The van der Waals surface area contributed by atoms with E-state index >= 15 is 0 Å². The molecule has 0 radical (unpaired) electrons. The number of halogens is 2. The van der Waals surface area contributed by atoms with Crippen LogP contribution < -0.4 is 0 Å². The lowest BCUT2D eigenvalue weighted by molar-refractivity contribution is 0.230. The van der Waals surface area contributed by atoms with E-state index in [1.54, 1.807) is 0 Å². The van der Waals surface area contributed by atoms with Gasteiger partial charge in [0.15, 0.2) is 5.76 Å². The van der Waals surface area contributed by atoms with Gasteiger partial charge in [-0.15, -0.1) is 0 Å². The number of nitrogens with zero attached hydrogens (tertiary/aromatic N) is 2. The van der Waals surface area contributed by atoms with Gasteiger partial charge in [-0.2, -0.15) is 0 Å². The van der Waals surface area contributed by atoms with Crippen molar-refractivity contribution in [2.24, 2.45) is 0 Å². The van der Waals surface area contributed by atoms with Crippen molar-refractivity contribution in [1.29, 1.82) is 0 Å². The molecule has 0 amide bonds. The normalized spacial score (nSPS) is 19.5. The fourth-order valence-electron chi connectivity index (χ4n) is 2.39. The second-order valence-electron chi connectivity index (χ2n) is 5.03. The Morgan fingerprint density at radius 1 is 1.37 bits per heavy atom. The minimum Gasteiger partial charge on any atom is -0.356 e. The van der Waals surface area contributed by atoms with Gasteiger partial charge in [0.1, 0.15) is 11.6 Å². The van der Waals surface area contributed by atoms with E-state index < -0.39 is 11.6 Å². The maximum absolute atomic E-state index is 13.8. The quantitative estimate of drug-likeness (QED) is 0.793. The zero-order valence-electron chi connectivity index (χ0n) is 10.8. The van der Waals surface area contributed by atoms with E-state index in [0.717, 1.165) is 23.7 Å². The molecular weight excluding hydrogens is 250 g/mol. The molecule has 5 heteroatoms. The van der Waals surface area contributed by atoms with Crippen LogP contribution in [0.5, 0.6) is 0 Å². The van der Waals surface area contributed by atoms with Crippen LogP contribution in [0.1, 0.15) is 18.2 Å². The highest BCUT2D eigenvalue weighted by Crippen LogP contribution is 2.33. The summed E-state index contributed by atoms with van der Waals surface area (Å²) in [4.78, 5) is 2.16. The van der Waals surface area contributed by atoms with E-state index in [9.17, 15) is 8.78 Å². The molecule has 19 heavy (non-hydrogen) atoms. The van der Waals surface area contributed by atoms with E-state index in [2.05, 4.69) is 17.0 Å². The molecule has 0 saturated carbocycles. The molecule has 2 aromatic rings. The number of rotatable bonds is 1. The molecule has 0 bridgehead atoms. The Morgan fingerprint density at radius 3 is 2.89 bits per heavy atom. The maximum Gasteiger partial charge on any atom is 0.174 e. The molecule has 1 aliphatic rings. The van der Waals surface area contributed by atoms with E-state index in [1.807, 2.05) is 7.05 Å². The van der Waals surface area contributed by atoms with E-state index in [1.165, 1.54) is 12.1 Å². The Bertz CT molecular complexity index is 624. The number of aromatic nitrogens is 1. The first-order valence-electron chi connectivity index (χ1n) is 6.19. The highest BCUT2D eigenvalue weighted by Gasteiger charge is 2.28. The van der Waals surface area contributed by atoms with Crippen LogP contribution in [0, 0.1) is 11.6 Å². The monoisotopic (exact) mass is 264 g/mol. The Morgan fingerprint density at radius 2 is 2.16 bits per heavy atom. The first-order chi connectivity index (χ1) is 9.06. The highest BCUT2D eigenvalue weighted by molar-refractivity contribution is 5.63. The Balaban J connectivity index is 2.08. The van der Waals surface area contributed by atoms with Gasteiger partial charge < -0.3 is 4.52 Å². The van der Waals surface area contributed by atoms with Gasteiger partial charge in [-0.3, -0.25) is 4.90 Å². The van der Waals surface area contributed by atoms with Gasteiger partial charge in [0, 0.05) is 30.6 Å². The maximum atomic E-state index is 13.8. The standard InChI is InChI=1S/C14H14F2N2O/c1-8-5-13-11(7-18(8)2)14(19-17-13)10-4-3-9(15)6-12(10)16/h3-4,6,8H,5,7H2,1-2H3/t8-/m0/s1. The molecule has 0 fully saturated rings. The number of hydrogen-bond donors (Lipinski definition) is 0. The van der Waals surface area contributed by atoms with Gasteiger partial charge in [-0.05, 0) is 26.1 Å². The molecule has 0 N–H and O–H groups in total. The van der Waals surface area contributed by atoms with Crippen molar-refractivity contribution in [2.45, 2.75) is 25.9 Å². The molecule has 3 rings (SSSR count). The average molecular weight is 264 g/mol. The highest BCUT2D eigenvalue weighted by atomic mass is 19.1. The van der Waals surface area contributed by atoms with Gasteiger partial charge in [0.2, 0.25) is 0 Å². The predicted molar refractivity (Wildman–Crippen MR) is 66.5 cm³/mol. The molecule has 1 aromatic heterocycles. The van der Waals surface area contributed by atoms with Crippen LogP contribution in [0.4, 0.5) is 8.78 Å². The van der Waals surface area contributed by atoms with Gasteiger partial charge >= 0.3 is 0 Å². The molecule has 0 saturated heterocycles. The number of likely N-dealkylation sites (N-methyl/N-ethyl adjacent to an activating group) is 1. The van der Waals surface area contributed by atoms with Crippen molar-refractivity contribution >= 4 is 0 Å². The number of fused-ring (bicyclic) bond motifs is 1. The lowest BCUT2D eigenvalue weighted by atomic mass is 9.98. The number of benzene rings is 1. The number of hydrogen-bond acceptors (Lipinski definition) is 3. The summed E-state index contributed by atoms with van der Waals surface area (Å²) < 4.78 is 32.0. The fourth-order valence-corrected chi connectivity index (χ4v) is 2.39. The SMILES string of the molecule is C[C@H]1Cc2noc(-c3ccc(F)cc3F)c2CN1C. The van der Waals surface area contributed by atoms with Crippen LogP contribution >= 0.6 is 0 Å². The lowest BCUT2D eigenvalue weighted by Gasteiger charge is -2.28. The minimum atomic E-state index is -0.625. The molecule has 1 aromatic carbocycles. The summed E-state index contributed by atoms with van der Waals surface area (Å²) in [5, 5.41) is 4.02. The van der Waals surface area contributed by atoms with Crippen molar-refractivity contribution in [3.63, 3.8) is 0 Å². The molecule has 0 unspecified atom stereocenters. The van der Waals surface area contributed by atoms with Gasteiger partial charge in [-0.25, -0.2) is 8.78 Å². The molecular formula is C14H14F2N2O. The molecule has 2 heterocycles. The molecule has 1 atom stereocenters. The molecule has 0 spiro atoms. The van der Waals surface area contributed by atoms with Crippen molar-refractivity contribution in [1.82, 2.24) is 10.1 Å². The van der Waals surface area contributed by atoms with Crippen LogP contribution in [0.25, 0.3) is 11.3 Å². The summed E-state index contributed by atoms with van der Waals surface area (Å²) in [6, 6.07) is 3.86. The second-order valence-corrected chi connectivity index (χ2v) is 5.03. The smallest absolute Gasteiger partial charge is 0.174 e. The fraction of sp³-hybridized carbons (Fsp3) is 0.357. The van der Waals surface area contributed by atoms with E-state index in [4.69, 9.17) is 4.52 Å². The van der Waals surface area contributed by atoms with Crippen molar-refractivity contribution in [3.05, 3.63) is 41.1 Å². The summed E-state index contributed by atoms with van der Waals surface area (Å²) >= 11 is 0.